The highest BCUT2D eigenvalue weighted by Crippen LogP contribution is 2.25. The summed E-state index contributed by atoms with van der Waals surface area (Å²) < 4.78 is 0. The Labute approximate surface area is 121 Å². The Morgan fingerprint density at radius 3 is 2.70 bits per heavy atom. The zero-order valence-electron chi connectivity index (χ0n) is 12.3. The van der Waals surface area contributed by atoms with Gasteiger partial charge in [0.15, 0.2) is 0 Å². The molecular formula is C16H25N3O. The molecule has 1 aliphatic heterocycles. The maximum atomic E-state index is 12.0. The average molecular weight is 275 g/mol. The Bertz CT molecular complexity index is 441. The molecule has 1 aliphatic rings. The quantitative estimate of drug-likeness (QED) is 0.863. The summed E-state index contributed by atoms with van der Waals surface area (Å²) in [5, 5.41) is 0. The SMILES string of the molecule is CN(Cc1ccccc1N1CCCC1)C(=O)CCCN. The Morgan fingerprint density at radius 1 is 1.30 bits per heavy atom. The fraction of sp³-hybridized carbons (Fsp3) is 0.562. The van der Waals surface area contributed by atoms with Gasteiger partial charge < -0.3 is 15.5 Å². The fourth-order valence-electron chi connectivity index (χ4n) is 2.70. The number of nitrogens with two attached hydrogens (primary N) is 1. The first-order valence-corrected chi connectivity index (χ1v) is 7.49. The van der Waals surface area contributed by atoms with Gasteiger partial charge in [0.25, 0.3) is 0 Å². The minimum absolute atomic E-state index is 0.173. The second-order valence-electron chi connectivity index (χ2n) is 5.46. The first-order chi connectivity index (χ1) is 9.72. The molecule has 110 valence electrons. The number of amides is 1. The number of carbonyl (C=O) groups excluding carboxylic acids is 1. The minimum Gasteiger partial charge on any atom is -0.371 e. The van der Waals surface area contributed by atoms with Gasteiger partial charge in [-0.05, 0) is 37.4 Å². The summed E-state index contributed by atoms with van der Waals surface area (Å²) in [6.45, 7) is 3.50. The van der Waals surface area contributed by atoms with Crippen LogP contribution in [-0.4, -0.2) is 37.5 Å². The van der Waals surface area contributed by atoms with Gasteiger partial charge in [0.1, 0.15) is 0 Å². The monoisotopic (exact) mass is 275 g/mol. The van der Waals surface area contributed by atoms with Crippen molar-refractivity contribution in [1.29, 1.82) is 0 Å². The number of hydrogen-bond acceptors (Lipinski definition) is 3. The molecule has 2 N–H and O–H groups in total. The van der Waals surface area contributed by atoms with Crippen LogP contribution in [0.25, 0.3) is 0 Å². The van der Waals surface area contributed by atoms with Crippen molar-refractivity contribution in [3.8, 4) is 0 Å². The summed E-state index contributed by atoms with van der Waals surface area (Å²) in [5.74, 6) is 0.173. The highest BCUT2D eigenvalue weighted by molar-refractivity contribution is 5.76. The molecule has 0 aromatic heterocycles. The lowest BCUT2D eigenvalue weighted by Gasteiger charge is -2.24. The van der Waals surface area contributed by atoms with Crippen molar-refractivity contribution in [3.63, 3.8) is 0 Å². The van der Waals surface area contributed by atoms with Gasteiger partial charge in [0.05, 0.1) is 0 Å². The predicted molar refractivity (Wildman–Crippen MR) is 82.7 cm³/mol. The molecule has 0 radical (unpaired) electrons. The normalized spacial score (nSPS) is 14.6. The maximum absolute atomic E-state index is 12.0. The van der Waals surface area contributed by atoms with Gasteiger partial charge in [-0.3, -0.25) is 4.79 Å². The third-order valence-electron chi connectivity index (χ3n) is 3.87. The molecule has 1 aromatic rings. The molecule has 1 amide bonds. The van der Waals surface area contributed by atoms with Crippen molar-refractivity contribution < 1.29 is 4.79 Å². The fourth-order valence-corrected chi connectivity index (χ4v) is 2.70. The van der Waals surface area contributed by atoms with E-state index in [-0.39, 0.29) is 5.91 Å². The number of nitrogens with zero attached hydrogens (tertiary/aromatic N) is 2. The molecule has 1 heterocycles. The summed E-state index contributed by atoms with van der Waals surface area (Å²) in [4.78, 5) is 16.2. The van der Waals surface area contributed by atoms with Crippen molar-refractivity contribution in [2.75, 3.05) is 31.6 Å². The van der Waals surface area contributed by atoms with E-state index in [0.717, 1.165) is 19.5 Å². The Morgan fingerprint density at radius 2 is 2.00 bits per heavy atom. The molecule has 0 saturated carbocycles. The molecule has 4 heteroatoms. The average Bonchev–Trinajstić information content (AvgIpc) is 2.99. The van der Waals surface area contributed by atoms with E-state index in [1.807, 2.05) is 18.0 Å². The summed E-state index contributed by atoms with van der Waals surface area (Å²) in [6.07, 6.45) is 3.83. The molecule has 1 saturated heterocycles. The van der Waals surface area contributed by atoms with Gasteiger partial charge in [-0.15, -0.1) is 0 Å². The first-order valence-electron chi connectivity index (χ1n) is 7.49. The van der Waals surface area contributed by atoms with Crippen LogP contribution in [0.2, 0.25) is 0 Å². The lowest BCUT2D eigenvalue weighted by atomic mass is 10.1. The van der Waals surface area contributed by atoms with Gasteiger partial charge in [-0.2, -0.15) is 0 Å². The number of para-hydroxylation sites is 1. The highest BCUT2D eigenvalue weighted by Gasteiger charge is 2.17. The zero-order chi connectivity index (χ0) is 14.4. The van der Waals surface area contributed by atoms with E-state index in [4.69, 9.17) is 5.73 Å². The van der Waals surface area contributed by atoms with E-state index in [1.54, 1.807) is 0 Å². The molecule has 0 atom stereocenters. The largest absolute Gasteiger partial charge is 0.371 e. The van der Waals surface area contributed by atoms with Gasteiger partial charge in [0.2, 0.25) is 5.91 Å². The molecule has 2 rings (SSSR count). The summed E-state index contributed by atoms with van der Waals surface area (Å²) in [5.41, 5.74) is 7.97. The molecule has 0 unspecified atom stereocenters. The van der Waals surface area contributed by atoms with Gasteiger partial charge in [-0.25, -0.2) is 0 Å². The van der Waals surface area contributed by atoms with Crippen molar-refractivity contribution in [2.24, 2.45) is 5.73 Å². The number of benzene rings is 1. The van der Waals surface area contributed by atoms with Crippen molar-refractivity contribution in [2.45, 2.75) is 32.2 Å². The molecule has 0 spiro atoms. The summed E-state index contributed by atoms with van der Waals surface area (Å²) >= 11 is 0. The highest BCUT2D eigenvalue weighted by atomic mass is 16.2. The molecule has 0 aliphatic carbocycles. The van der Waals surface area contributed by atoms with Crippen molar-refractivity contribution >= 4 is 11.6 Å². The van der Waals surface area contributed by atoms with Crippen molar-refractivity contribution in [1.82, 2.24) is 4.90 Å². The number of carbonyl (C=O) groups is 1. The van der Waals surface area contributed by atoms with Crippen LogP contribution >= 0.6 is 0 Å². The second kappa shape index (κ2) is 7.29. The smallest absolute Gasteiger partial charge is 0.222 e. The van der Waals surface area contributed by atoms with Gasteiger partial charge >= 0.3 is 0 Å². The van der Waals surface area contributed by atoms with Crippen LogP contribution in [0.15, 0.2) is 24.3 Å². The third-order valence-corrected chi connectivity index (χ3v) is 3.87. The van der Waals surface area contributed by atoms with Crippen LogP contribution in [0.4, 0.5) is 5.69 Å². The molecule has 1 aromatic carbocycles. The van der Waals surface area contributed by atoms with Crippen LogP contribution in [0.5, 0.6) is 0 Å². The molecule has 0 bridgehead atoms. The molecular weight excluding hydrogens is 250 g/mol. The Balaban J connectivity index is 2.03. The number of anilines is 1. The van der Waals surface area contributed by atoms with E-state index in [2.05, 4.69) is 23.1 Å². The summed E-state index contributed by atoms with van der Waals surface area (Å²) in [7, 11) is 1.87. The van der Waals surface area contributed by atoms with Gasteiger partial charge in [0, 0.05) is 38.8 Å². The second-order valence-corrected chi connectivity index (χ2v) is 5.46. The van der Waals surface area contributed by atoms with Crippen LogP contribution < -0.4 is 10.6 Å². The third kappa shape index (κ3) is 3.73. The Hall–Kier alpha value is -1.55. The predicted octanol–water partition coefficient (Wildman–Crippen LogP) is 1.98. The van der Waals surface area contributed by atoms with E-state index < -0.39 is 0 Å². The molecule has 20 heavy (non-hydrogen) atoms. The zero-order valence-corrected chi connectivity index (χ0v) is 12.3. The minimum atomic E-state index is 0.173. The van der Waals surface area contributed by atoms with E-state index >= 15 is 0 Å². The van der Waals surface area contributed by atoms with Crippen LogP contribution in [0.1, 0.15) is 31.2 Å². The van der Waals surface area contributed by atoms with Gasteiger partial charge in [-0.1, -0.05) is 18.2 Å². The lowest BCUT2D eigenvalue weighted by Crippen LogP contribution is -2.28. The number of rotatable bonds is 6. The van der Waals surface area contributed by atoms with E-state index in [9.17, 15) is 4.79 Å². The maximum Gasteiger partial charge on any atom is 0.222 e. The van der Waals surface area contributed by atoms with Crippen LogP contribution in [0, 0.1) is 0 Å². The van der Waals surface area contributed by atoms with E-state index in [0.29, 0.717) is 19.5 Å². The topological polar surface area (TPSA) is 49.6 Å². The first kappa shape index (κ1) is 14.9. The number of hydrogen-bond donors (Lipinski definition) is 1. The summed E-state index contributed by atoms with van der Waals surface area (Å²) in [6, 6.07) is 8.42. The van der Waals surface area contributed by atoms with Crippen LogP contribution in [-0.2, 0) is 11.3 Å². The lowest BCUT2D eigenvalue weighted by molar-refractivity contribution is -0.130. The van der Waals surface area contributed by atoms with Crippen molar-refractivity contribution in [3.05, 3.63) is 29.8 Å². The van der Waals surface area contributed by atoms with E-state index in [1.165, 1.54) is 24.1 Å². The molecule has 1 fully saturated rings. The standard InChI is InChI=1S/C16H25N3O/c1-18(16(20)9-6-10-17)13-14-7-2-3-8-15(14)19-11-4-5-12-19/h2-3,7-8H,4-6,9-13,17H2,1H3. The Kier molecular flexibility index (Phi) is 5.41. The van der Waals surface area contributed by atoms with Crippen LogP contribution in [0.3, 0.4) is 0 Å². The molecule has 4 nitrogen and oxygen atoms in total.